The summed E-state index contributed by atoms with van der Waals surface area (Å²) in [4.78, 5) is 28.4. The fourth-order valence-electron chi connectivity index (χ4n) is 1.99. The second kappa shape index (κ2) is 7.45. The Morgan fingerprint density at radius 3 is 2.38 bits per heavy atom. The lowest BCUT2D eigenvalue weighted by Gasteiger charge is -2.20. The van der Waals surface area contributed by atoms with E-state index in [4.69, 9.17) is 11.6 Å². The van der Waals surface area contributed by atoms with Gasteiger partial charge in [-0.05, 0) is 50.6 Å². The third-order valence-electron chi connectivity index (χ3n) is 3.11. The minimum Gasteiger partial charge on any atom is -0.348 e. The smallest absolute Gasteiger partial charge is 0.270 e. The first kappa shape index (κ1) is 17.9. The van der Waals surface area contributed by atoms with Crippen LogP contribution in [-0.4, -0.2) is 22.3 Å². The van der Waals surface area contributed by atoms with E-state index in [-0.39, 0.29) is 23.0 Å². The van der Waals surface area contributed by atoms with Crippen LogP contribution in [0.15, 0.2) is 42.6 Å². The standard InChI is InChI=1S/C18H20ClN3O2/c1-18(2,3)22-17(24)15-10-13(8-9-20-15)16(23)21-11-12-4-6-14(19)7-5-12/h4-10H,11H2,1-3H3,(H,21,23)(H,22,24). The number of carbonyl (C=O) groups excluding carboxylic acids is 2. The Kier molecular flexibility index (Phi) is 5.57. The van der Waals surface area contributed by atoms with Crippen LogP contribution in [0.5, 0.6) is 0 Å². The average molecular weight is 346 g/mol. The van der Waals surface area contributed by atoms with E-state index in [0.29, 0.717) is 17.1 Å². The van der Waals surface area contributed by atoms with Gasteiger partial charge in [0.1, 0.15) is 5.69 Å². The summed E-state index contributed by atoms with van der Waals surface area (Å²) in [5.74, 6) is -0.577. The molecule has 0 unspecified atom stereocenters. The zero-order valence-electron chi connectivity index (χ0n) is 13.9. The lowest BCUT2D eigenvalue weighted by Crippen LogP contribution is -2.41. The molecule has 0 saturated heterocycles. The molecule has 24 heavy (non-hydrogen) atoms. The molecule has 0 atom stereocenters. The van der Waals surface area contributed by atoms with Gasteiger partial charge in [0.05, 0.1) is 0 Å². The summed E-state index contributed by atoms with van der Waals surface area (Å²) in [6.45, 7) is 6.02. The number of halogens is 1. The van der Waals surface area contributed by atoms with Crippen molar-refractivity contribution in [1.82, 2.24) is 15.6 Å². The van der Waals surface area contributed by atoms with Gasteiger partial charge in [-0.15, -0.1) is 0 Å². The molecule has 0 radical (unpaired) electrons. The van der Waals surface area contributed by atoms with Crippen LogP contribution in [0.3, 0.4) is 0 Å². The zero-order valence-corrected chi connectivity index (χ0v) is 14.6. The van der Waals surface area contributed by atoms with Crippen molar-refractivity contribution in [1.29, 1.82) is 0 Å². The zero-order chi connectivity index (χ0) is 17.7. The van der Waals surface area contributed by atoms with Gasteiger partial charge in [0, 0.05) is 28.9 Å². The van der Waals surface area contributed by atoms with Gasteiger partial charge in [-0.25, -0.2) is 0 Å². The normalized spacial score (nSPS) is 11.0. The van der Waals surface area contributed by atoms with Gasteiger partial charge in [0.2, 0.25) is 0 Å². The summed E-state index contributed by atoms with van der Waals surface area (Å²) in [6, 6.07) is 10.3. The summed E-state index contributed by atoms with van der Waals surface area (Å²) >= 11 is 5.83. The maximum absolute atomic E-state index is 12.2. The second-order valence-electron chi connectivity index (χ2n) is 6.44. The van der Waals surface area contributed by atoms with Crippen molar-refractivity contribution in [2.75, 3.05) is 0 Å². The molecule has 1 aromatic carbocycles. The SMILES string of the molecule is CC(C)(C)NC(=O)c1cc(C(=O)NCc2ccc(Cl)cc2)ccn1. The molecule has 0 spiro atoms. The number of nitrogens with one attached hydrogen (secondary N) is 2. The highest BCUT2D eigenvalue weighted by atomic mass is 35.5. The molecule has 0 aliphatic rings. The summed E-state index contributed by atoms with van der Waals surface area (Å²) in [7, 11) is 0. The van der Waals surface area contributed by atoms with Crippen molar-refractivity contribution in [3.63, 3.8) is 0 Å². The van der Waals surface area contributed by atoms with Gasteiger partial charge >= 0.3 is 0 Å². The molecule has 1 heterocycles. The number of nitrogens with zero attached hydrogens (tertiary/aromatic N) is 1. The Morgan fingerprint density at radius 1 is 1.08 bits per heavy atom. The second-order valence-corrected chi connectivity index (χ2v) is 6.88. The molecule has 5 nitrogen and oxygen atoms in total. The van der Waals surface area contributed by atoms with Gasteiger partial charge < -0.3 is 10.6 Å². The first-order valence-electron chi connectivity index (χ1n) is 7.56. The molecule has 2 rings (SSSR count). The maximum Gasteiger partial charge on any atom is 0.270 e. The topological polar surface area (TPSA) is 71.1 Å². The van der Waals surface area contributed by atoms with E-state index in [1.165, 1.54) is 12.3 Å². The van der Waals surface area contributed by atoms with Crippen LogP contribution < -0.4 is 10.6 Å². The Bertz CT molecular complexity index is 737. The van der Waals surface area contributed by atoms with E-state index in [0.717, 1.165) is 5.56 Å². The van der Waals surface area contributed by atoms with Gasteiger partial charge in [-0.2, -0.15) is 0 Å². The van der Waals surface area contributed by atoms with E-state index in [9.17, 15) is 9.59 Å². The minimum atomic E-state index is -0.369. The number of carbonyl (C=O) groups is 2. The molecule has 2 amide bonds. The van der Waals surface area contributed by atoms with Crippen LogP contribution in [0.25, 0.3) is 0 Å². The summed E-state index contributed by atoms with van der Waals surface area (Å²) in [5, 5.41) is 6.27. The molecule has 2 N–H and O–H groups in total. The van der Waals surface area contributed by atoms with Crippen LogP contribution in [-0.2, 0) is 6.54 Å². The van der Waals surface area contributed by atoms with Gasteiger partial charge in [0.25, 0.3) is 11.8 Å². The molecule has 2 aromatic rings. The van der Waals surface area contributed by atoms with Crippen molar-refractivity contribution < 1.29 is 9.59 Å². The third kappa shape index (κ3) is 5.35. The van der Waals surface area contributed by atoms with E-state index in [2.05, 4.69) is 15.6 Å². The summed E-state index contributed by atoms with van der Waals surface area (Å²) in [5.41, 5.74) is 1.17. The Balaban J connectivity index is 2.03. The van der Waals surface area contributed by atoms with Crippen molar-refractivity contribution in [2.24, 2.45) is 0 Å². The quantitative estimate of drug-likeness (QED) is 0.894. The Hall–Kier alpha value is -2.40. The molecule has 0 saturated carbocycles. The number of pyridine rings is 1. The highest BCUT2D eigenvalue weighted by molar-refractivity contribution is 6.30. The predicted octanol–water partition coefficient (Wildman–Crippen LogP) is 3.19. The maximum atomic E-state index is 12.2. The van der Waals surface area contributed by atoms with E-state index < -0.39 is 0 Å². The van der Waals surface area contributed by atoms with Crippen LogP contribution >= 0.6 is 11.6 Å². The third-order valence-corrected chi connectivity index (χ3v) is 3.36. The molecular formula is C18H20ClN3O2. The Labute approximate surface area is 146 Å². The van der Waals surface area contributed by atoms with Crippen molar-refractivity contribution in [2.45, 2.75) is 32.9 Å². The average Bonchev–Trinajstić information content (AvgIpc) is 2.52. The van der Waals surface area contributed by atoms with Crippen LogP contribution in [0, 0.1) is 0 Å². The molecule has 0 bridgehead atoms. The van der Waals surface area contributed by atoms with Crippen molar-refractivity contribution in [3.8, 4) is 0 Å². The van der Waals surface area contributed by atoms with Crippen LogP contribution in [0.1, 0.15) is 47.2 Å². The van der Waals surface area contributed by atoms with E-state index in [1.54, 1.807) is 18.2 Å². The number of amides is 2. The molecule has 126 valence electrons. The number of aromatic nitrogens is 1. The molecule has 6 heteroatoms. The van der Waals surface area contributed by atoms with Crippen molar-refractivity contribution in [3.05, 3.63) is 64.4 Å². The highest BCUT2D eigenvalue weighted by Gasteiger charge is 2.17. The number of rotatable bonds is 4. The molecule has 0 aliphatic heterocycles. The first-order valence-corrected chi connectivity index (χ1v) is 7.93. The fourth-order valence-corrected chi connectivity index (χ4v) is 2.11. The van der Waals surface area contributed by atoms with Crippen molar-refractivity contribution >= 4 is 23.4 Å². The van der Waals surface area contributed by atoms with Gasteiger partial charge in [-0.1, -0.05) is 23.7 Å². The highest BCUT2D eigenvalue weighted by Crippen LogP contribution is 2.10. The van der Waals surface area contributed by atoms with Gasteiger partial charge in [-0.3, -0.25) is 14.6 Å². The fraction of sp³-hybridized carbons (Fsp3) is 0.278. The first-order chi connectivity index (χ1) is 11.2. The molecule has 0 aliphatic carbocycles. The van der Waals surface area contributed by atoms with Gasteiger partial charge in [0.15, 0.2) is 0 Å². The van der Waals surface area contributed by atoms with Crippen LogP contribution in [0.4, 0.5) is 0 Å². The number of hydrogen-bond acceptors (Lipinski definition) is 3. The summed E-state index contributed by atoms with van der Waals surface area (Å²) < 4.78 is 0. The Morgan fingerprint density at radius 2 is 1.75 bits per heavy atom. The van der Waals surface area contributed by atoms with Crippen LogP contribution in [0.2, 0.25) is 5.02 Å². The summed E-state index contributed by atoms with van der Waals surface area (Å²) in [6.07, 6.45) is 1.45. The lowest BCUT2D eigenvalue weighted by molar-refractivity contribution is 0.0914. The van der Waals surface area contributed by atoms with E-state index >= 15 is 0 Å². The largest absolute Gasteiger partial charge is 0.348 e. The number of benzene rings is 1. The predicted molar refractivity (Wildman–Crippen MR) is 94.1 cm³/mol. The molecule has 0 fully saturated rings. The lowest BCUT2D eigenvalue weighted by atomic mass is 10.1. The molecule has 1 aromatic heterocycles. The molecular weight excluding hydrogens is 326 g/mol. The van der Waals surface area contributed by atoms with E-state index in [1.807, 2.05) is 32.9 Å². The number of hydrogen-bond donors (Lipinski definition) is 2. The monoisotopic (exact) mass is 345 g/mol. The minimum absolute atomic E-state index is 0.212.